The van der Waals surface area contributed by atoms with Gasteiger partial charge in [0.1, 0.15) is 17.3 Å². The molecule has 2 N–H and O–H groups in total. The van der Waals surface area contributed by atoms with Crippen LogP contribution in [0.5, 0.6) is 0 Å². The Hall–Kier alpha value is -1.68. The Morgan fingerprint density at radius 2 is 2.25 bits per heavy atom. The predicted molar refractivity (Wildman–Crippen MR) is 58.3 cm³/mol. The van der Waals surface area contributed by atoms with Gasteiger partial charge in [-0.15, -0.1) is 0 Å². The van der Waals surface area contributed by atoms with Crippen LogP contribution in [0.3, 0.4) is 0 Å². The third-order valence-corrected chi connectivity index (χ3v) is 2.42. The van der Waals surface area contributed by atoms with Crippen molar-refractivity contribution in [2.24, 2.45) is 5.73 Å². The first kappa shape index (κ1) is 10.8. The van der Waals surface area contributed by atoms with Gasteiger partial charge in [0.05, 0.1) is 12.2 Å². The van der Waals surface area contributed by atoms with E-state index in [9.17, 15) is 4.39 Å². The summed E-state index contributed by atoms with van der Waals surface area (Å²) in [6.07, 6.45) is 3.51. The zero-order valence-corrected chi connectivity index (χ0v) is 8.98. The second-order valence-corrected chi connectivity index (χ2v) is 3.57. The van der Waals surface area contributed by atoms with Gasteiger partial charge < -0.3 is 10.2 Å². The fraction of sp³-hybridized carbons (Fsp3) is 0.250. The monoisotopic (exact) mass is 220 g/mol. The fourth-order valence-electron chi connectivity index (χ4n) is 1.51. The lowest BCUT2D eigenvalue weighted by Gasteiger charge is -2.08. The highest BCUT2D eigenvalue weighted by atomic mass is 19.1. The Labute approximate surface area is 93.1 Å². The summed E-state index contributed by atoms with van der Waals surface area (Å²) in [6, 6.07) is 4.59. The van der Waals surface area contributed by atoms with Crippen LogP contribution < -0.4 is 5.73 Å². The molecule has 4 heteroatoms. The average Bonchev–Trinajstić information content (AvgIpc) is 2.76. The molecule has 0 amide bonds. The third-order valence-electron chi connectivity index (χ3n) is 2.42. The Morgan fingerprint density at radius 1 is 1.44 bits per heavy atom. The highest BCUT2D eigenvalue weighted by Gasteiger charge is 2.13. The normalized spacial score (nSPS) is 12.7. The van der Waals surface area contributed by atoms with E-state index in [0.29, 0.717) is 11.3 Å². The maximum Gasteiger partial charge on any atom is 0.141 e. The molecule has 0 spiro atoms. The summed E-state index contributed by atoms with van der Waals surface area (Å²) in [4.78, 5) is 3.76. The van der Waals surface area contributed by atoms with Crippen LogP contribution >= 0.6 is 0 Å². The van der Waals surface area contributed by atoms with Crippen molar-refractivity contribution in [1.82, 2.24) is 4.98 Å². The first-order valence-electron chi connectivity index (χ1n) is 5.15. The van der Waals surface area contributed by atoms with E-state index in [1.54, 1.807) is 6.20 Å². The van der Waals surface area contributed by atoms with E-state index in [0.717, 1.165) is 18.4 Å². The van der Waals surface area contributed by atoms with Gasteiger partial charge >= 0.3 is 0 Å². The van der Waals surface area contributed by atoms with E-state index in [4.69, 9.17) is 10.2 Å². The minimum atomic E-state index is -0.469. The molecule has 2 aromatic rings. The molecule has 0 radical (unpaired) electrons. The van der Waals surface area contributed by atoms with Crippen molar-refractivity contribution in [3.05, 3.63) is 53.5 Å². The standard InChI is InChI=1S/C12H13FN2O/c1-2-10-3-4-11(16-10)12(14)8-5-9(13)7-15-6-8/h3-7,12H,2,14H2,1H3. The van der Waals surface area contributed by atoms with Crippen molar-refractivity contribution in [2.45, 2.75) is 19.4 Å². The number of hydrogen-bond acceptors (Lipinski definition) is 3. The van der Waals surface area contributed by atoms with Crippen LogP contribution in [0.4, 0.5) is 4.39 Å². The van der Waals surface area contributed by atoms with E-state index in [1.807, 2.05) is 19.1 Å². The highest BCUT2D eigenvalue weighted by Crippen LogP contribution is 2.21. The summed E-state index contributed by atoms with van der Waals surface area (Å²) in [7, 11) is 0. The molecule has 2 aromatic heterocycles. The van der Waals surface area contributed by atoms with Crippen LogP contribution in [0.1, 0.15) is 30.0 Å². The number of hydrogen-bond donors (Lipinski definition) is 1. The molecular formula is C12H13FN2O. The molecule has 84 valence electrons. The first-order valence-corrected chi connectivity index (χ1v) is 5.15. The van der Waals surface area contributed by atoms with Crippen molar-refractivity contribution in [3.8, 4) is 0 Å². The SMILES string of the molecule is CCc1ccc(C(N)c2cncc(F)c2)o1. The third kappa shape index (κ3) is 2.12. The van der Waals surface area contributed by atoms with Gasteiger partial charge in [0.15, 0.2) is 0 Å². The maximum atomic E-state index is 13.0. The molecule has 2 rings (SSSR count). The number of aromatic nitrogens is 1. The second-order valence-electron chi connectivity index (χ2n) is 3.57. The average molecular weight is 220 g/mol. The molecule has 16 heavy (non-hydrogen) atoms. The molecule has 3 nitrogen and oxygen atoms in total. The van der Waals surface area contributed by atoms with Gasteiger partial charge in [0.25, 0.3) is 0 Å². The molecule has 0 saturated heterocycles. The fourth-order valence-corrected chi connectivity index (χ4v) is 1.51. The van der Waals surface area contributed by atoms with Crippen molar-refractivity contribution in [1.29, 1.82) is 0 Å². The van der Waals surface area contributed by atoms with Crippen LogP contribution in [0.2, 0.25) is 0 Å². The number of nitrogens with zero attached hydrogens (tertiary/aromatic N) is 1. The van der Waals surface area contributed by atoms with Crippen LogP contribution in [-0.2, 0) is 6.42 Å². The molecule has 0 aliphatic rings. The van der Waals surface area contributed by atoms with Crippen LogP contribution in [0.25, 0.3) is 0 Å². The minimum Gasteiger partial charge on any atom is -0.464 e. The van der Waals surface area contributed by atoms with Gasteiger partial charge in [-0.25, -0.2) is 4.39 Å². The molecule has 1 unspecified atom stereocenters. The van der Waals surface area contributed by atoms with Gasteiger partial charge in [-0.1, -0.05) is 6.92 Å². The molecule has 0 aliphatic carbocycles. The molecule has 0 fully saturated rings. The molecule has 2 heterocycles. The van der Waals surface area contributed by atoms with E-state index >= 15 is 0 Å². The minimum absolute atomic E-state index is 0.393. The summed E-state index contributed by atoms with van der Waals surface area (Å²) in [5.74, 6) is 1.11. The molecule has 1 atom stereocenters. The van der Waals surface area contributed by atoms with Gasteiger partial charge in [-0.3, -0.25) is 4.98 Å². The van der Waals surface area contributed by atoms with Gasteiger partial charge in [0, 0.05) is 12.6 Å². The summed E-state index contributed by atoms with van der Waals surface area (Å²) in [6.45, 7) is 2.00. The largest absolute Gasteiger partial charge is 0.464 e. The van der Waals surface area contributed by atoms with E-state index in [-0.39, 0.29) is 0 Å². The molecule has 0 saturated carbocycles. The number of furan rings is 1. The summed E-state index contributed by atoms with van der Waals surface area (Å²) in [5.41, 5.74) is 6.56. The van der Waals surface area contributed by atoms with E-state index < -0.39 is 11.9 Å². The quantitative estimate of drug-likeness (QED) is 0.864. The Balaban J connectivity index is 2.27. The van der Waals surface area contributed by atoms with Crippen molar-refractivity contribution < 1.29 is 8.81 Å². The first-order chi connectivity index (χ1) is 7.70. The Morgan fingerprint density at radius 3 is 2.88 bits per heavy atom. The highest BCUT2D eigenvalue weighted by molar-refractivity contribution is 5.24. The molecule has 0 aliphatic heterocycles. The van der Waals surface area contributed by atoms with Crippen molar-refractivity contribution in [3.63, 3.8) is 0 Å². The summed E-state index contributed by atoms with van der Waals surface area (Å²) in [5, 5.41) is 0. The molecular weight excluding hydrogens is 207 g/mol. The lowest BCUT2D eigenvalue weighted by atomic mass is 10.1. The zero-order chi connectivity index (χ0) is 11.5. The number of rotatable bonds is 3. The number of pyridine rings is 1. The number of aryl methyl sites for hydroxylation is 1. The molecule has 0 aromatic carbocycles. The van der Waals surface area contributed by atoms with Crippen LogP contribution in [0.15, 0.2) is 35.0 Å². The van der Waals surface area contributed by atoms with Gasteiger partial charge in [-0.05, 0) is 23.8 Å². The van der Waals surface area contributed by atoms with Crippen LogP contribution in [-0.4, -0.2) is 4.98 Å². The van der Waals surface area contributed by atoms with Crippen molar-refractivity contribution in [2.75, 3.05) is 0 Å². The lowest BCUT2D eigenvalue weighted by Crippen LogP contribution is -2.11. The lowest BCUT2D eigenvalue weighted by molar-refractivity contribution is 0.453. The van der Waals surface area contributed by atoms with Gasteiger partial charge in [0.2, 0.25) is 0 Å². The number of halogens is 1. The Kier molecular flexibility index (Phi) is 3.01. The summed E-state index contributed by atoms with van der Waals surface area (Å²) < 4.78 is 18.5. The maximum absolute atomic E-state index is 13.0. The summed E-state index contributed by atoms with van der Waals surface area (Å²) >= 11 is 0. The van der Waals surface area contributed by atoms with E-state index in [2.05, 4.69) is 4.98 Å². The van der Waals surface area contributed by atoms with Crippen molar-refractivity contribution >= 4 is 0 Å². The smallest absolute Gasteiger partial charge is 0.141 e. The predicted octanol–water partition coefficient (Wildman–Crippen LogP) is 2.42. The molecule has 0 bridgehead atoms. The second kappa shape index (κ2) is 4.45. The van der Waals surface area contributed by atoms with Crippen LogP contribution in [0, 0.1) is 5.82 Å². The topological polar surface area (TPSA) is 52.0 Å². The van der Waals surface area contributed by atoms with Gasteiger partial charge in [-0.2, -0.15) is 0 Å². The van der Waals surface area contributed by atoms with E-state index in [1.165, 1.54) is 6.07 Å². The Bertz CT molecular complexity index is 481. The number of nitrogens with two attached hydrogens (primary N) is 1. The zero-order valence-electron chi connectivity index (χ0n) is 8.98.